The van der Waals surface area contributed by atoms with Gasteiger partial charge in [-0.2, -0.15) is 0 Å². The summed E-state index contributed by atoms with van der Waals surface area (Å²) < 4.78 is 26.0. The van der Waals surface area contributed by atoms with E-state index in [-0.39, 0.29) is 5.91 Å². The largest absolute Gasteiger partial charge is 0.337 e. The van der Waals surface area contributed by atoms with Crippen molar-refractivity contribution in [3.8, 4) is 0 Å². The first-order valence-corrected chi connectivity index (χ1v) is 10.9. The number of hydrogen-bond donors (Lipinski definition) is 0. The van der Waals surface area contributed by atoms with Gasteiger partial charge in [0.1, 0.15) is 0 Å². The minimum Gasteiger partial charge on any atom is -0.337 e. The van der Waals surface area contributed by atoms with E-state index in [9.17, 15) is 13.2 Å². The molecular formula is C16H17BrN2O3S2. The number of rotatable bonds is 4. The number of amides is 1. The number of hydrogen-bond acceptors (Lipinski definition) is 4. The number of benzene rings is 1. The maximum atomic E-state index is 12.6. The van der Waals surface area contributed by atoms with Gasteiger partial charge in [-0.1, -0.05) is 0 Å². The summed E-state index contributed by atoms with van der Waals surface area (Å²) >= 11 is 5.01. The molecule has 128 valence electrons. The van der Waals surface area contributed by atoms with E-state index in [1.54, 1.807) is 35.4 Å². The Bertz CT molecular complexity index is 892. The third kappa shape index (κ3) is 3.50. The van der Waals surface area contributed by atoms with Crippen LogP contribution in [-0.4, -0.2) is 39.1 Å². The third-order valence-corrected chi connectivity index (χ3v) is 6.80. The monoisotopic (exact) mass is 428 g/mol. The Balaban J connectivity index is 1.79. The zero-order valence-corrected chi connectivity index (χ0v) is 16.5. The average Bonchev–Trinajstić information content (AvgIpc) is 3.11. The summed E-state index contributed by atoms with van der Waals surface area (Å²) in [6.45, 7) is 0.979. The quantitative estimate of drug-likeness (QED) is 0.751. The van der Waals surface area contributed by atoms with E-state index in [1.807, 2.05) is 17.5 Å². The van der Waals surface area contributed by atoms with E-state index in [1.165, 1.54) is 10.6 Å². The Kier molecular flexibility index (Phi) is 4.72. The van der Waals surface area contributed by atoms with Gasteiger partial charge < -0.3 is 4.90 Å². The average molecular weight is 429 g/mol. The van der Waals surface area contributed by atoms with Crippen LogP contribution in [0.15, 0.2) is 34.1 Å². The molecule has 5 nitrogen and oxygen atoms in total. The molecule has 0 unspecified atom stereocenters. The number of halogens is 1. The second kappa shape index (κ2) is 6.50. The van der Waals surface area contributed by atoms with Crippen molar-refractivity contribution in [3.05, 3.63) is 50.1 Å². The summed E-state index contributed by atoms with van der Waals surface area (Å²) in [6.07, 6.45) is 1.83. The lowest BCUT2D eigenvalue weighted by Crippen LogP contribution is -2.27. The highest BCUT2D eigenvalue weighted by molar-refractivity contribution is 9.10. The van der Waals surface area contributed by atoms with Gasteiger partial charge in [-0.25, -0.2) is 8.42 Å². The molecule has 0 fully saturated rings. The van der Waals surface area contributed by atoms with Crippen molar-refractivity contribution in [3.63, 3.8) is 0 Å². The van der Waals surface area contributed by atoms with Gasteiger partial charge in [0.2, 0.25) is 10.0 Å². The summed E-state index contributed by atoms with van der Waals surface area (Å²) in [5.74, 6) is -0.0693. The summed E-state index contributed by atoms with van der Waals surface area (Å²) in [6, 6.07) is 7.24. The summed E-state index contributed by atoms with van der Waals surface area (Å²) in [5.41, 5.74) is 2.17. The fourth-order valence-corrected chi connectivity index (χ4v) is 5.27. The first-order valence-electron chi connectivity index (χ1n) is 7.35. The summed E-state index contributed by atoms with van der Waals surface area (Å²) in [5, 5.41) is 1.99. The van der Waals surface area contributed by atoms with Crippen molar-refractivity contribution in [2.45, 2.75) is 13.0 Å². The molecule has 1 aliphatic heterocycles. The van der Waals surface area contributed by atoms with Crippen molar-refractivity contribution in [1.82, 2.24) is 4.90 Å². The highest BCUT2D eigenvalue weighted by atomic mass is 79.9. The summed E-state index contributed by atoms with van der Waals surface area (Å²) in [7, 11) is -1.50. The number of carbonyl (C=O) groups excluding carboxylic acids is 1. The van der Waals surface area contributed by atoms with Gasteiger partial charge in [0.05, 0.1) is 18.5 Å². The molecule has 3 rings (SSSR count). The first kappa shape index (κ1) is 17.4. The molecule has 8 heteroatoms. The van der Waals surface area contributed by atoms with Crippen molar-refractivity contribution < 1.29 is 13.2 Å². The van der Waals surface area contributed by atoms with Crippen molar-refractivity contribution in [1.29, 1.82) is 0 Å². The van der Waals surface area contributed by atoms with Gasteiger partial charge in [-0.05, 0) is 52.2 Å². The lowest BCUT2D eigenvalue weighted by atomic mass is 10.1. The SMILES string of the molecule is CN(Cc1cc(Br)cs1)C(=O)c1ccc2c(c1)CCN2S(C)(=O)=O. The van der Waals surface area contributed by atoms with Gasteiger partial charge >= 0.3 is 0 Å². The predicted octanol–water partition coefficient (Wildman–Crippen LogP) is 3.10. The van der Waals surface area contributed by atoms with Crippen LogP contribution in [0.1, 0.15) is 20.8 Å². The predicted molar refractivity (Wildman–Crippen MR) is 100 cm³/mol. The van der Waals surface area contributed by atoms with Crippen LogP contribution < -0.4 is 4.31 Å². The van der Waals surface area contributed by atoms with Gasteiger partial charge in [0.15, 0.2) is 0 Å². The number of nitrogens with zero attached hydrogens (tertiary/aromatic N) is 2. The Morgan fingerprint density at radius 1 is 1.38 bits per heavy atom. The van der Waals surface area contributed by atoms with Crippen LogP contribution >= 0.6 is 27.3 Å². The van der Waals surface area contributed by atoms with Crippen LogP contribution in [0.4, 0.5) is 5.69 Å². The van der Waals surface area contributed by atoms with Gasteiger partial charge in [-0.3, -0.25) is 9.10 Å². The van der Waals surface area contributed by atoms with E-state index >= 15 is 0 Å². The molecule has 0 spiro atoms. The van der Waals surface area contributed by atoms with E-state index in [4.69, 9.17) is 0 Å². The molecule has 0 bridgehead atoms. The fraction of sp³-hybridized carbons (Fsp3) is 0.312. The Morgan fingerprint density at radius 3 is 2.75 bits per heavy atom. The van der Waals surface area contributed by atoms with Crippen molar-refractivity contribution in [2.24, 2.45) is 0 Å². The Labute approximate surface area is 154 Å². The van der Waals surface area contributed by atoms with E-state index in [0.717, 1.165) is 14.9 Å². The van der Waals surface area contributed by atoms with E-state index < -0.39 is 10.0 Å². The third-order valence-electron chi connectivity index (χ3n) is 3.94. The Hall–Kier alpha value is -1.38. The minimum atomic E-state index is -3.27. The van der Waals surface area contributed by atoms with Gasteiger partial charge in [-0.15, -0.1) is 11.3 Å². The van der Waals surface area contributed by atoms with Crippen LogP contribution in [0.2, 0.25) is 0 Å². The first-order chi connectivity index (χ1) is 11.3. The van der Waals surface area contributed by atoms with Crippen LogP contribution in [0.25, 0.3) is 0 Å². The highest BCUT2D eigenvalue weighted by Gasteiger charge is 2.27. The Morgan fingerprint density at radius 2 is 2.12 bits per heavy atom. The standard InChI is InChI=1S/C16H17BrN2O3S2/c1-18(9-14-8-13(17)10-23-14)16(20)12-3-4-15-11(7-12)5-6-19(15)24(2,21)22/h3-4,7-8,10H,5-6,9H2,1-2H3. The fourth-order valence-electron chi connectivity index (χ4n) is 2.81. The number of thiophene rings is 1. The van der Waals surface area contributed by atoms with Crippen LogP contribution in [0.3, 0.4) is 0 Å². The van der Waals surface area contributed by atoms with Crippen LogP contribution in [0.5, 0.6) is 0 Å². The van der Waals surface area contributed by atoms with Gasteiger partial charge in [0.25, 0.3) is 5.91 Å². The smallest absolute Gasteiger partial charge is 0.253 e. The van der Waals surface area contributed by atoms with Crippen molar-refractivity contribution in [2.75, 3.05) is 24.2 Å². The molecule has 2 heterocycles. The maximum absolute atomic E-state index is 12.6. The van der Waals surface area contributed by atoms with Crippen molar-refractivity contribution >= 4 is 48.9 Å². The maximum Gasteiger partial charge on any atom is 0.253 e. The lowest BCUT2D eigenvalue weighted by molar-refractivity contribution is 0.0786. The van der Waals surface area contributed by atoms with Gasteiger partial charge in [0, 0.05) is 33.9 Å². The zero-order valence-electron chi connectivity index (χ0n) is 13.3. The van der Waals surface area contributed by atoms with Crippen LogP contribution in [-0.2, 0) is 23.0 Å². The molecule has 0 saturated heterocycles. The molecule has 1 aromatic heterocycles. The van der Waals surface area contributed by atoms with E-state index in [0.29, 0.717) is 30.8 Å². The highest BCUT2D eigenvalue weighted by Crippen LogP contribution is 2.31. The second-order valence-corrected chi connectivity index (χ2v) is 9.64. The summed E-state index contributed by atoms with van der Waals surface area (Å²) in [4.78, 5) is 15.4. The number of carbonyl (C=O) groups is 1. The lowest BCUT2D eigenvalue weighted by Gasteiger charge is -2.18. The molecule has 0 radical (unpaired) electrons. The molecule has 0 N–H and O–H groups in total. The molecule has 1 aliphatic rings. The zero-order chi connectivity index (χ0) is 17.5. The molecule has 0 atom stereocenters. The van der Waals surface area contributed by atoms with E-state index in [2.05, 4.69) is 15.9 Å². The molecular weight excluding hydrogens is 412 g/mol. The molecule has 24 heavy (non-hydrogen) atoms. The molecule has 1 amide bonds. The normalized spacial score (nSPS) is 13.9. The molecule has 0 saturated carbocycles. The van der Waals surface area contributed by atoms with Crippen LogP contribution in [0, 0.1) is 0 Å². The minimum absolute atomic E-state index is 0.0693. The number of anilines is 1. The molecule has 2 aromatic rings. The number of sulfonamides is 1. The molecule has 0 aliphatic carbocycles. The topological polar surface area (TPSA) is 57.7 Å². The molecule has 1 aromatic carbocycles. The second-order valence-electron chi connectivity index (χ2n) is 5.82. The number of fused-ring (bicyclic) bond motifs is 1.